The summed E-state index contributed by atoms with van der Waals surface area (Å²) in [6.07, 6.45) is 0.602. The topological polar surface area (TPSA) is 84.5 Å². The molecular formula is C23H23BrN2O4S. The van der Waals surface area contributed by atoms with E-state index in [2.05, 4.69) is 26.0 Å². The normalized spacial score (nSPS) is 11.2. The molecule has 0 saturated carbocycles. The predicted octanol–water partition coefficient (Wildman–Crippen LogP) is 4.30. The molecule has 0 atom stereocenters. The third-order valence-electron chi connectivity index (χ3n) is 4.44. The summed E-state index contributed by atoms with van der Waals surface area (Å²) in [6, 6.07) is 21.2. The van der Waals surface area contributed by atoms with Gasteiger partial charge >= 0.3 is 0 Å². The fraction of sp³-hybridized carbons (Fsp3) is 0.174. The molecule has 6 nitrogen and oxygen atoms in total. The van der Waals surface area contributed by atoms with E-state index >= 15 is 0 Å². The number of rotatable bonds is 9. The van der Waals surface area contributed by atoms with Crippen LogP contribution >= 0.6 is 15.9 Å². The number of anilines is 1. The molecular weight excluding hydrogens is 480 g/mol. The van der Waals surface area contributed by atoms with Gasteiger partial charge in [0.1, 0.15) is 5.75 Å². The van der Waals surface area contributed by atoms with Gasteiger partial charge in [-0.1, -0.05) is 36.4 Å². The van der Waals surface area contributed by atoms with Crippen LogP contribution in [0.1, 0.15) is 11.1 Å². The molecule has 0 saturated heterocycles. The molecule has 0 aliphatic carbocycles. The first-order chi connectivity index (χ1) is 14.8. The molecule has 1 amide bonds. The molecule has 31 heavy (non-hydrogen) atoms. The summed E-state index contributed by atoms with van der Waals surface area (Å²) in [5, 5.41) is 2.69. The number of hydrogen-bond donors (Lipinski definition) is 2. The van der Waals surface area contributed by atoms with Gasteiger partial charge in [-0.25, -0.2) is 13.1 Å². The van der Waals surface area contributed by atoms with Gasteiger partial charge in [0.25, 0.3) is 5.91 Å². The SMILES string of the molecule is Cc1ccc(OCC(=O)Nc2ccc(S(=O)(=O)NCCc3ccccc3)cc2)c(Br)c1. The highest BCUT2D eigenvalue weighted by atomic mass is 79.9. The fourth-order valence-electron chi connectivity index (χ4n) is 2.84. The maximum Gasteiger partial charge on any atom is 0.262 e. The van der Waals surface area contributed by atoms with Crippen LogP contribution in [0.3, 0.4) is 0 Å². The molecule has 0 bridgehead atoms. The third-order valence-corrected chi connectivity index (χ3v) is 6.54. The molecule has 0 aromatic heterocycles. The maximum atomic E-state index is 12.4. The van der Waals surface area contributed by atoms with Gasteiger partial charge in [-0.15, -0.1) is 0 Å². The number of carbonyl (C=O) groups excluding carboxylic acids is 1. The van der Waals surface area contributed by atoms with E-state index in [1.54, 1.807) is 18.2 Å². The van der Waals surface area contributed by atoms with Crippen LogP contribution in [0.5, 0.6) is 5.75 Å². The van der Waals surface area contributed by atoms with Crippen molar-refractivity contribution in [2.24, 2.45) is 0 Å². The Morgan fingerprint density at radius 2 is 1.71 bits per heavy atom. The van der Waals surface area contributed by atoms with Gasteiger partial charge in [0, 0.05) is 12.2 Å². The van der Waals surface area contributed by atoms with Gasteiger partial charge in [-0.2, -0.15) is 0 Å². The fourth-order valence-corrected chi connectivity index (χ4v) is 4.48. The second-order valence-electron chi connectivity index (χ2n) is 6.93. The molecule has 3 rings (SSSR count). The first-order valence-corrected chi connectivity index (χ1v) is 11.9. The Balaban J connectivity index is 1.51. The van der Waals surface area contributed by atoms with Gasteiger partial charge in [-0.3, -0.25) is 4.79 Å². The Kier molecular flexibility index (Phi) is 7.84. The largest absolute Gasteiger partial charge is 0.483 e. The van der Waals surface area contributed by atoms with Crippen molar-refractivity contribution in [3.8, 4) is 5.75 Å². The molecule has 0 unspecified atom stereocenters. The van der Waals surface area contributed by atoms with E-state index in [4.69, 9.17) is 4.74 Å². The summed E-state index contributed by atoms with van der Waals surface area (Å²) in [6.45, 7) is 2.10. The van der Waals surface area contributed by atoms with E-state index in [0.717, 1.165) is 15.6 Å². The van der Waals surface area contributed by atoms with Gasteiger partial charge in [0.15, 0.2) is 6.61 Å². The Morgan fingerprint density at radius 3 is 2.39 bits per heavy atom. The van der Waals surface area contributed by atoms with E-state index in [1.165, 1.54) is 12.1 Å². The van der Waals surface area contributed by atoms with Crippen molar-refractivity contribution in [2.45, 2.75) is 18.2 Å². The summed E-state index contributed by atoms with van der Waals surface area (Å²) in [5.41, 5.74) is 2.62. The van der Waals surface area contributed by atoms with E-state index in [1.807, 2.05) is 49.4 Å². The third kappa shape index (κ3) is 6.92. The quantitative estimate of drug-likeness (QED) is 0.456. The molecule has 0 aliphatic heterocycles. The number of carbonyl (C=O) groups is 1. The van der Waals surface area contributed by atoms with E-state index in [-0.39, 0.29) is 17.4 Å². The summed E-state index contributed by atoms with van der Waals surface area (Å²) in [7, 11) is -3.62. The monoisotopic (exact) mass is 502 g/mol. The molecule has 0 radical (unpaired) electrons. The smallest absolute Gasteiger partial charge is 0.262 e. The minimum absolute atomic E-state index is 0.137. The molecule has 0 aliphatic rings. The summed E-state index contributed by atoms with van der Waals surface area (Å²) in [4.78, 5) is 12.3. The molecule has 2 N–H and O–H groups in total. The minimum atomic E-state index is -3.62. The van der Waals surface area contributed by atoms with Crippen LogP contribution < -0.4 is 14.8 Å². The Morgan fingerprint density at radius 1 is 1.00 bits per heavy atom. The van der Waals surface area contributed by atoms with Gasteiger partial charge in [0.05, 0.1) is 9.37 Å². The number of nitrogens with one attached hydrogen (secondary N) is 2. The Bertz CT molecular complexity index is 1130. The molecule has 162 valence electrons. The van der Waals surface area contributed by atoms with Crippen molar-refractivity contribution in [3.05, 3.63) is 88.4 Å². The number of ether oxygens (including phenoxy) is 1. The highest BCUT2D eigenvalue weighted by Gasteiger charge is 2.14. The number of sulfonamides is 1. The number of hydrogen-bond acceptors (Lipinski definition) is 4. The van der Waals surface area contributed by atoms with Crippen molar-refractivity contribution in [1.29, 1.82) is 0 Å². The first-order valence-electron chi connectivity index (χ1n) is 9.66. The molecule has 8 heteroatoms. The van der Waals surface area contributed by atoms with Crippen LogP contribution in [-0.4, -0.2) is 27.5 Å². The standard InChI is InChI=1S/C23H23BrN2O4S/c1-17-7-12-22(21(24)15-17)30-16-23(27)26-19-8-10-20(11-9-19)31(28,29)25-14-13-18-5-3-2-4-6-18/h2-12,15,25H,13-14,16H2,1H3,(H,26,27). The van der Waals surface area contributed by atoms with Crippen LogP contribution in [0.25, 0.3) is 0 Å². The highest BCUT2D eigenvalue weighted by molar-refractivity contribution is 9.10. The average molecular weight is 503 g/mol. The van der Waals surface area contributed by atoms with Crippen molar-refractivity contribution in [3.63, 3.8) is 0 Å². The van der Waals surface area contributed by atoms with Crippen LogP contribution in [-0.2, 0) is 21.2 Å². The van der Waals surface area contributed by atoms with Crippen LogP contribution in [0.4, 0.5) is 5.69 Å². The molecule has 0 spiro atoms. The molecule has 0 heterocycles. The minimum Gasteiger partial charge on any atom is -0.483 e. The summed E-state index contributed by atoms with van der Waals surface area (Å²) in [5.74, 6) is 0.229. The zero-order valence-corrected chi connectivity index (χ0v) is 19.4. The molecule has 3 aromatic carbocycles. The van der Waals surface area contributed by atoms with E-state index in [0.29, 0.717) is 24.4 Å². The number of benzene rings is 3. The van der Waals surface area contributed by atoms with Crippen LogP contribution in [0.15, 0.2) is 82.2 Å². The number of amides is 1. The van der Waals surface area contributed by atoms with Crippen LogP contribution in [0.2, 0.25) is 0 Å². The summed E-state index contributed by atoms with van der Waals surface area (Å²) >= 11 is 3.40. The zero-order valence-electron chi connectivity index (χ0n) is 17.0. The van der Waals surface area contributed by atoms with Crippen molar-refractivity contribution >= 4 is 37.5 Å². The number of aryl methyl sites for hydroxylation is 1. The van der Waals surface area contributed by atoms with Gasteiger partial charge in [-0.05, 0) is 76.8 Å². The lowest BCUT2D eigenvalue weighted by Crippen LogP contribution is -2.26. The van der Waals surface area contributed by atoms with Crippen LogP contribution in [0, 0.1) is 6.92 Å². The van der Waals surface area contributed by atoms with E-state index in [9.17, 15) is 13.2 Å². The molecule has 0 fully saturated rings. The second-order valence-corrected chi connectivity index (χ2v) is 9.55. The van der Waals surface area contributed by atoms with Gasteiger partial charge < -0.3 is 10.1 Å². The van der Waals surface area contributed by atoms with E-state index < -0.39 is 10.0 Å². The Hall–Kier alpha value is -2.68. The summed E-state index contributed by atoms with van der Waals surface area (Å²) < 4.78 is 33.8. The average Bonchev–Trinajstić information content (AvgIpc) is 2.74. The Labute approximate surface area is 190 Å². The lowest BCUT2D eigenvalue weighted by molar-refractivity contribution is -0.118. The lowest BCUT2D eigenvalue weighted by Gasteiger charge is -2.10. The van der Waals surface area contributed by atoms with Gasteiger partial charge in [0.2, 0.25) is 10.0 Å². The predicted molar refractivity (Wildman–Crippen MR) is 125 cm³/mol. The zero-order chi connectivity index (χ0) is 22.3. The highest BCUT2D eigenvalue weighted by Crippen LogP contribution is 2.25. The second kappa shape index (κ2) is 10.6. The first kappa shape index (κ1) is 23.0. The van der Waals surface area contributed by atoms with Crippen molar-refractivity contribution in [2.75, 3.05) is 18.5 Å². The lowest BCUT2D eigenvalue weighted by atomic mass is 10.2. The van der Waals surface area contributed by atoms with Crippen molar-refractivity contribution in [1.82, 2.24) is 4.72 Å². The maximum absolute atomic E-state index is 12.4. The number of halogens is 1. The van der Waals surface area contributed by atoms with Crippen molar-refractivity contribution < 1.29 is 17.9 Å². The molecule has 3 aromatic rings.